The van der Waals surface area contributed by atoms with E-state index in [1.807, 2.05) is 0 Å². The highest BCUT2D eigenvalue weighted by Crippen LogP contribution is 2.34. The van der Waals surface area contributed by atoms with Crippen LogP contribution in [0.15, 0.2) is 53.5 Å². The number of aromatic amines is 1. The number of rotatable bonds is 3. The summed E-state index contributed by atoms with van der Waals surface area (Å²) >= 11 is 0. The maximum Gasteiger partial charge on any atom is 0.247 e. The van der Waals surface area contributed by atoms with E-state index in [0.717, 1.165) is 0 Å². The Bertz CT molecular complexity index is 717. The number of aromatic nitrogens is 1. The lowest BCUT2D eigenvalue weighted by Gasteiger charge is -2.28. The predicted octanol–water partition coefficient (Wildman–Crippen LogP) is 0.927. The fourth-order valence-corrected chi connectivity index (χ4v) is 2.88. The summed E-state index contributed by atoms with van der Waals surface area (Å²) in [6.45, 7) is 1.52. The van der Waals surface area contributed by atoms with Gasteiger partial charge < -0.3 is 4.98 Å². The predicted molar refractivity (Wildman–Crippen MR) is 73.1 cm³/mol. The third-order valence-electron chi connectivity index (χ3n) is 3.23. The summed E-state index contributed by atoms with van der Waals surface area (Å²) in [6.07, 6.45) is 1.37. The number of H-pyrrole nitrogens is 1. The van der Waals surface area contributed by atoms with Crippen LogP contribution in [0.3, 0.4) is 0 Å². The SMILES string of the molecule is CC(c1ccccc1)(c1ccc(=O)[nH]c1)S(N)(=O)=O. The third-order valence-corrected chi connectivity index (χ3v) is 4.84. The number of primary sulfonamides is 1. The number of sulfonamides is 1. The molecule has 0 aliphatic rings. The highest BCUT2D eigenvalue weighted by Gasteiger charge is 2.40. The van der Waals surface area contributed by atoms with Crippen LogP contribution in [0, 0.1) is 0 Å². The lowest BCUT2D eigenvalue weighted by molar-refractivity contribution is 0.566. The van der Waals surface area contributed by atoms with Gasteiger partial charge in [-0.25, -0.2) is 13.6 Å². The molecule has 0 aliphatic carbocycles. The van der Waals surface area contributed by atoms with Crippen molar-refractivity contribution in [3.63, 3.8) is 0 Å². The van der Waals surface area contributed by atoms with Crippen molar-refractivity contribution in [2.75, 3.05) is 0 Å². The molecule has 6 heteroatoms. The van der Waals surface area contributed by atoms with Crippen molar-refractivity contribution in [3.8, 4) is 0 Å². The lowest BCUT2D eigenvalue weighted by Crippen LogP contribution is -2.39. The molecule has 1 aromatic heterocycles. The molecule has 3 N–H and O–H groups in total. The van der Waals surface area contributed by atoms with Gasteiger partial charge in [-0.1, -0.05) is 36.4 Å². The van der Waals surface area contributed by atoms with Gasteiger partial charge in [-0.05, 0) is 18.1 Å². The fourth-order valence-electron chi connectivity index (χ4n) is 1.96. The van der Waals surface area contributed by atoms with Crippen LogP contribution < -0.4 is 10.7 Å². The van der Waals surface area contributed by atoms with Crippen LogP contribution in [0.4, 0.5) is 0 Å². The molecule has 0 saturated heterocycles. The average molecular weight is 278 g/mol. The third kappa shape index (κ3) is 2.32. The number of hydrogen-bond acceptors (Lipinski definition) is 3. The molecular weight excluding hydrogens is 264 g/mol. The quantitative estimate of drug-likeness (QED) is 0.874. The molecule has 0 amide bonds. The number of benzene rings is 1. The van der Waals surface area contributed by atoms with E-state index in [9.17, 15) is 13.2 Å². The van der Waals surface area contributed by atoms with Crippen molar-refractivity contribution in [1.29, 1.82) is 0 Å². The molecule has 1 atom stereocenters. The van der Waals surface area contributed by atoms with E-state index in [0.29, 0.717) is 11.1 Å². The van der Waals surface area contributed by atoms with Crippen molar-refractivity contribution in [2.45, 2.75) is 11.7 Å². The average Bonchev–Trinajstić information content (AvgIpc) is 2.38. The maximum atomic E-state index is 12.0. The summed E-state index contributed by atoms with van der Waals surface area (Å²) in [5.41, 5.74) is 0.666. The monoisotopic (exact) mass is 278 g/mol. The van der Waals surface area contributed by atoms with Gasteiger partial charge in [0.25, 0.3) is 0 Å². The summed E-state index contributed by atoms with van der Waals surface area (Å²) < 4.78 is 22.6. The Morgan fingerprint density at radius 3 is 2.16 bits per heavy atom. The topological polar surface area (TPSA) is 93.0 Å². The Balaban J connectivity index is 2.73. The molecule has 1 unspecified atom stereocenters. The first-order valence-electron chi connectivity index (χ1n) is 5.63. The minimum atomic E-state index is -3.91. The molecule has 19 heavy (non-hydrogen) atoms. The van der Waals surface area contributed by atoms with E-state index in [2.05, 4.69) is 4.98 Å². The van der Waals surface area contributed by atoms with Gasteiger partial charge in [-0.2, -0.15) is 0 Å². The van der Waals surface area contributed by atoms with Gasteiger partial charge in [0.2, 0.25) is 15.6 Å². The van der Waals surface area contributed by atoms with Gasteiger partial charge in [0.15, 0.2) is 0 Å². The first kappa shape index (κ1) is 13.5. The standard InChI is InChI=1S/C13H14N2O3S/c1-13(19(14,17)18,10-5-3-2-4-6-10)11-7-8-12(16)15-9-11/h2-9H,1H3,(H,15,16)(H2,14,17,18). The normalized spacial score (nSPS) is 14.8. The molecule has 1 heterocycles. The molecule has 0 fully saturated rings. The molecule has 0 aliphatic heterocycles. The second kappa shape index (κ2) is 4.64. The summed E-state index contributed by atoms with van der Waals surface area (Å²) in [5.74, 6) is 0. The zero-order valence-corrected chi connectivity index (χ0v) is 11.1. The van der Waals surface area contributed by atoms with Crippen LogP contribution in [0.25, 0.3) is 0 Å². The van der Waals surface area contributed by atoms with Gasteiger partial charge in [0.1, 0.15) is 4.75 Å². The molecule has 2 aromatic rings. The van der Waals surface area contributed by atoms with Gasteiger partial charge in [-0.15, -0.1) is 0 Å². The van der Waals surface area contributed by atoms with Crippen LogP contribution in [-0.4, -0.2) is 13.4 Å². The van der Waals surface area contributed by atoms with Gasteiger partial charge in [0.05, 0.1) is 0 Å². The highest BCUT2D eigenvalue weighted by molar-refractivity contribution is 7.90. The first-order valence-corrected chi connectivity index (χ1v) is 7.17. The van der Waals surface area contributed by atoms with Crippen molar-refractivity contribution in [3.05, 3.63) is 70.1 Å². The molecule has 100 valence electrons. The molecule has 0 saturated carbocycles. The first-order chi connectivity index (χ1) is 8.85. The molecular formula is C13H14N2O3S. The minimum absolute atomic E-state index is 0.298. The van der Waals surface area contributed by atoms with E-state index >= 15 is 0 Å². The van der Waals surface area contributed by atoms with E-state index < -0.39 is 14.8 Å². The van der Waals surface area contributed by atoms with E-state index in [1.54, 1.807) is 30.3 Å². The van der Waals surface area contributed by atoms with Crippen LogP contribution in [0.1, 0.15) is 18.1 Å². The van der Waals surface area contributed by atoms with Crippen LogP contribution in [0.2, 0.25) is 0 Å². The van der Waals surface area contributed by atoms with Crippen molar-refractivity contribution in [1.82, 2.24) is 4.98 Å². The fraction of sp³-hybridized carbons (Fsp3) is 0.154. The summed E-state index contributed by atoms with van der Waals surface area (Å²) in [7, 11) is -3.91. The van der Waals surface area contributed by atoms with E-state index in [1.165, 1.54) is 25.3 Å². The Labute approximate surface area is 111 Å². The van der Waals surface area contributed by atoms with Gasteiger partial charge >= 0.3 is 0 Å². The molecule has 1 aromatic carbocycles. The molecule has 0 spiro atoms. The van der Waals surface area contributed by atoms with Crippen molar-refractivity contribution < 1.29 is 8.42 Å². The summed E-state index contributed by atoms with van der Waals surface area (Å²) in [4.78, 5) is 13.6. The minimum Gasteiger partial charge on any atom is -0.329 e. The van der Waals surface area contributed by atoms with Crippen LogP contribution >= 0.6 is 0 Å². The smallest absolute Gasteiger partial charge is 0.247 e. The Morgan fingerprint density at radius 2 is 1.68 bits per heavy atom. The zero-order chi connectivity index (χ0) is 14.1. The Kier molecular flexibility index (Phi) is 3.30. The Morgan fingerprint density at radius 1 is 1.05 bits per heavy atom. The molecule has 0 bridgehead atoms. The molecule has 5 nitrogen and oxygen atoms in total. The largest absolute Gasteiger partial charge is 0.329 e. The van der Waals surface area contributed by atoms with Crippen molar-refractivity contribution in [2.24, 2.45) is 5.14 Å². The number of hydrogen-bond donors (Lipinski definition) is 2. The zero-order valence-electron chi connectivity index (χ0n) is 10.3. The number of nitrogens with one attached hydrogen (secondary N) is 1. The maximum absolute atomic E-state index is 12.0. The lowest BCUT2D eigenvalue weighted by atomic mass is 9.93. The highest BCUT2D eigenvalue weighted by atomic mass is 32.2. The second-order valence-corrected chi connectivity index (χ2v) is 6.29. The van der Waals surface area contributed by atoms with E-state index in [4.69, 9.17) is 5.14 Å². The number of nitrogens with two attached hydrogens (primary N) is 1. The Hall–Kier alpha value is -1.92. The van der Waals surface area contributed by atoms with E-state index in [-0.39, 0.29) is 5.56 Å². The second-order valence-electron chi connectivity index (χ2n) is 4.39. The molecule has 0 radical (unpaired) electrons. The van der Waals surface area contributed by atoms with Crippen molar-refractivity contribution >= 4 is 10.0 Å². The van der Waals surface area contributed by atoms with Crippen LogP contribution in [-0.2, 0) is 14.8 Å². The summed E-state index contributed by atoms with van der Waals surface area (Å²) in [5, 5.41) is 5.40. The molecule has 2 rings (SSSR count). The van der Waals surface area contributed by atoms with Gasteiger partial charge in [-0.3, -0.25) is 4.79 Å². The summed E-state index contributed by atoms with van der Waals surface area (Å²) in [6, 6.07) is 11.4. The number of pyridine rings is 1. The van der Waals surface area contributed by atoms with Crippen LogP contribution in [0.5, 0.6) is 0 Å². The van der Waals surface area contributed by atoms with Gasteiger partial charge in [0, 0.05) is 12.3 Å².